The Labute approximate surface area is 120 Å². The van der Waals surface area contributed by atoms with Crippen molar-refractivity contribution in [2.75, 3.05) is 0 Å². The van der Waals surface area contributed by atoms with Crippen LogP contribution in [0.3, 0.4) is 0 Å². The number of rotatable bonds is 5. The lowest BCUT2D eigenvalue weighted by molar-refractivity contribution is -0.137. The smallest absolute Gasteiger partial charge is 0.305 e. The Hall–Kier alpha value is -2.21. The van der Waals surface area contributed by atoms with Gasteiger partial charge in [-0.2, -0.15) is 0 Å². The molecule has 2 aromatic rings. The Morgan fingerprint density at radius 3 is 2.70 bits per heavy atom. The van der Waals surface area contributed by atoms with Crippen LogP contribution >= 0.6 is 11.3 Å². The average Bonchev–Trinajstić information content (AvgIpc) is 2.85. The highest BCUT2D eigenvalue weighted by Crippen LogP contribution is 2.25. The fraction of sp³-hybridized carbons (Fsp3) is 0.214. The highest BCUT2D eigenvalue weighted by molar-refractivity contribution is 7.12. The van der Waals surface area contributed by atoms with E-state index in [2.05, 4.69) is 10.3 Å². The van der Waals surface area contributed by atoms with Gasteiger partial charge in [0.05, 0.1) is 12.5 Å². The van der Waals surface area contributed by atoms with Crippen LogP contribution in [0, 0.1) is 6.92 Å². The highest BCUT2D eigenvalue weighted by atomic mass is 32.1. The van der Waals surface area contributed by atoms with E-state index in [1.807, 2.05) is 19.1 Å². The van der Waals surface area contributed by atoms with Gasteiger partial charge in [-0.05, 0) is 31.2 Å². The lowest BCUT2D eigenvalue weighted by Crippen LogP contribution is -2.30. The molecule has 0 saturated heterocycles. The number of carbonyl (C=O) groups is 2. The van der Waals surface area contributed by atoms with Gasteiger partial charge >= 0.3 is 5.97 Å². The third-order valence-electron chi connectivity index (χ3n) is 2.69. The Bertz CT molecular complexity index is 610. The Morgan fingerprint density at radius 2 is 2.15 bits per heavy atom. The molecule has 2 heterocycles. The van der Waals surface area contributed by atoms with Gasteiger partial charge in [-0.1, -0.05) is 6.07 Å². The van der Waals surface area contributed by atoms with E-state index in [-0.39, 0.29) is 18.0 Å². The predicted octanol–water partition coefficient (Wildman–Crippen LogP) is 2.40. The van der Waals surface area contributed by atoms with Crippen LogP contribution in [0.5, 0.6) is 0 Å². The van der Waals surface area contributed by atoms with Crippen molar-refractivity contribution in [3.05, 3.63) is 52.0 Å². The van der Waals surface area contributed by atoms with Crippen molar-refractivity contribution < 1.29 is 14.7 Å². The normalized spacial score (nSPS) is 11.8. The maximum absolute atomic E-state index is 12.1. The van der Waals surface area contributed by atoms with Crippen LogP contribution in [-0.4, -0.2) is 22.0 Å². The fourth-order valence-corrected chi connectivity index (χ4v) is 2.70. The third-order valence-corrected chi connectivity index (χ3v) is 3.80. The zero-order chi connectivity index (χ0) is 14.5. The summed E-state index contributed by atoms with van der Waals surface area (Å²) >= 11 is 1.48. The number of aryl methyl sites for hydroxylation is 1. The molecule has 0 spiro atoms. The topological polar surface area (TPSA) is 79.3 Å². The van der Waals surface area contributed by atoms with Crippen LogP contribution in [0.15, 0.2) is 36.5 Å². The predicted molar refractivity (Wildman–Crippen MR) is 75.8 cm³/mol. The zero-order valence-electron chi connectivity index (χ0n) is 10.9. The van der Waals surface area contributed by atoms with Crippen LogP contribution in [-0.2, 0) is 4.79 Å². The quantitative estimate of drug-likeness (QED) is 0.886. The lowest BCUT2D eigenvalue weighted by Gasteiger charge is -2.15. The molecule has 0 aromatic carbocycles. The number of nitrogens with one attached hydrogen (secondary N) is 1. The molecule has 5 nitrogen and oxygen atoms in total. The van der Waals surface area contributed by atoms with E-state index in [1.165, 1.54) is 17.5 Å². The first kappa shape index (κ1) is 14.2. The number of aliphatic carboxylic acids is 1. The van der Waals surface area contributed by atoms with Crippen molar-refractivity contribution in [2.45, 2.75) is 19.4 Å². The van der Waals surface area contributed by atoms with E-state index >= 15 is 0 Å². The first-order valence-corrected chi connectivity index (χ1v) is 6.88. The summed E-state index contributed by atoms with van der Waals surface area (Å²) in [5, 5.41) is 11.7. The molecule has 1 atom stereocenters. The van der Waals surface area contributed by atoms with Crippen molar-refractivity contribution in [2.24, 2.45) is 0 Å². The average molecular weight is 290 g/mol. The molecule has 1 unspecified atom stereocenters. The van der Waals surface area contributed by atoms with Crippen LogP contribution in [0.2, 0.25) is 0 Å². The molecule has 20 heavy (non-hydrogen) atoms. The second kappa shape index (κ2) is 6.29. The maximum Gasteiger partial charge on any atom is 0.305 e. The van der Waals surface area contributed by atoms with Gasteiger partial charge < -0.3 is 10.4 Å². The SMILES string of the molecule is Cc1ccc(C(CC(=O)O)NC(=O)c2ccccn2)s1. The van der Waals surface area contributed by atoms with Crippen molar-refractivity contribution in [1.82, 2.24) is 10.3 Å². The van der Waals surface area contributed by atoms with Crippen LogP contribution in [0.1, 0.15) is 32.7 Å². The summed E-state index contributed by atoms with van der Waals surface area (Å²) < 4.78 is 0. The number of amides is 1. The number of pyridine rings is 1. The number of carboxylic acid groups (broad SMARTS) is 1. The summed E-state index contributed by atoms with van der Waals surface area (Å²) in [7, 11) is 0. The Balaban J connectivity index is 2.16. The Kier molecular flexibility index (Phi) is 4.47. The summed E-state index contributed by atoms with van der Waals surface area (Å²) in [6, 6.07) is 8.22. The number of carbonyl (C=O) groups excluding carboxylic acids is 1. The van der Waals surface area contributed by atoms with Crippen LogP contribution < -0.4 is 5.32 Å². The number of hydrogen-bond acceptors (Lipinski definition) is 4. The van der Waals surface area contributed by atoms with Gasteiger partial charge in [0.1, 0.15) is 5.69 Å². The molecule has 0 fully saturated rings. The molecule has 2 aromatic heterocycles. The van der Waals surface area contributed by atoms with Crippen molar-refractivity contribution >= 4 is 23.2 Å². The van der Waals surface area contributed by atoms with Gasteiger partial charge in [0.25, 0.3) is 5.91 Å². The van der Waals surface area contributed by atoms with Gasteiger partial charge in [-0.25, -0.2) is 0 Å². The van der Waals surface area contributed by atoms with Gasteiger partial charge in [0.15, 0.2) is 0 Å². The summed E-state index contributed by atoms with van der Waals surface area (Å²) in [4.78, 5) is 28.9. The molecule has 104 valence electrons. The van der Waals surface area contributed by atoms with Gasteiger partial charge in [-0.15, -0.1) is 11.3 Å². The summed E-state index contributed by atoms with van der Waals surface area (Å²) in [5.74, 6) is -1.33. The van der Waals surface area contributed by atoms with E-state index in [0.29, 0.717) is 0 Å². The monoisotopic (exact) mass is 290 g/mol. The molecule has 2 rings (SSSR count). The third kappa shape index (κ3) is 3.64. The molecule has 0 saturated carbocycles. The molecule has 1 amide bonds. The van der Waals surface area contributed by atoms with Crippen LogP contribution in [0.4, 0.5) is 0 Å². The molecular formula is C14H14N2O3S. The minimum Gasteiger partial charge on any atom is -0.481 e. The Morgan fingerprint density at radius 1 is 1.35 bits per heavy atom. The first-order valence-electron chi connectivity index (χ1n) is 6.06. The minimum atomic E-state index is -0.956. The number of carboxylic acids is 1. The zero-order valence-corrected chi connectivity index (χ0v) is 11.7. The van der Waals surface area contributed by atoms with E-state index in [4.69, 9.17) is 5.11 Å². The van der Waals surface area contributed by atoms with Crippen LogP contribution in [0.25, 0.3) is 0 Å². The number of nitrogens with zero attached hydrogens (tertiary/aromatic N) is 1. The standard InChI is InChI=1S/C14H14N2O3S/c1-9-5-6-12(20-9)11(8-13(17)18)16-14(19)10-4-2-3-7-15-10/h2-7,11H,8H2,1H3,(H,16,19)(H,17,18). The molecule has 0 radical (unpaired) electrons. The largest absolute Gasteiger partial charge is 0.481 e. The molecule has 6 heteroatoms. The number of thiophene rings is 1. The van der Waals surface area contributed by atoms with Gasteiger partial charge in [0.2, 0.25) is 0 Å². The van der Waals surface area contributed by atoms with Gasteiger partial charge in [-0.3, -0.25) is 14.6 Å². The fourth-order valence-electron chi connectivity index (χ4n) is 1.77. The van der Waals surface area contributed by atoms with E-state index in [1.54, 1.807) is 18.2 Å². The molecule has 2 N–H and O–H groups in total. The lowest BCUT2D eigenvalue weighted by atomic mass is 10.1. The second-order valence-corrected chi connectivity index (χ2v) is 5.61. The van der Waals surface area contributed by atoms with Crippen molar-refractivity contribution in [3.8, 4) is 0 Å². The molecule has 0 aliphatic carbocycles. The van der Waals surface area contributed by atoms with E-state index < -0.39 is 12.0 Å². The van der Waals surface area contributed by atoms with Crippen molar-refractivity contribution in [1.29, 1.82) is 0 Å². The van der Waals surface area contributed by atoms with Crippen molar-refractivity contribution in [3.63, 3.8) is 0 Å². The first-order chi connectivity index (χ1) is 9.56. The molecule has 0 bridgehead atoms. The summed E-state index contributed by atoms with van der Waals surface area (Å²) in [6.07, 6.45) is 1.37. The summed E-state index contributed by atoms with van der Waals surface area (Å²) in [5.41, 5.74) is 0.274. The maximum atomic E-state index is 12.1. The summed E-state index contributed by atoms with van der Waals surface area (Å²) in [6.45, 7) is 1.94. The van der Waals surface area contributed by atoms with E-state index in [0.717, 1.165) is 9.75 Å². The second-order valence-electron chi connectivity index (χ2n) is 4.29. The number of hydrogen-bond donors (Lipinski definition) is 2. The molecule has 0 aliphatic heterocycles. The highest BCUT2D eigenvalue weighted by Gasteiger charge is 2.20. The number of aromatic nitrogens is 1. The van der Waals surface area contributed by atoms with E-state index in [9.17, 15) is 9.59 Å². The molecular weight excluding hydrogens is 276 g/mol. The minimum absolute atomic E-state index is 0.154. The molecule has 0 aliphatic rings. The van der Waals surface area contributed by atoms with Gasteiger partial charge in [0, 0.05) is 16.0 Å².